The molecular weight excluding hydrogens is 388 g/mol. The van der Waals surface area contributed by atoms with Gasteiger partial charge in [-0.05, 0) is 36.4 Å². The molecule has 126 valence electrons. The monoisotopic (exact) mass is 400 g/mol. The summed E-state index contributed by atoms with van der Waals surface area (Å²) < 4.78 is 12.4. The van der Waals surface area contributed by atoms with Gasteiger partial charge in [0.15, 0.2) is 5.69 Å². The molecular formula is C18H13BrN2O4. The molecule has 1 aromatic heterocycles. The van der Waals surface area contributed by atoms with Gasteiger partial charge >= 0.3 is 11.9 Å². The van der Waals surface area contributed by atoms with Gasteiger partial charge in [-0.25, -0.2) is 9.59 Å². The first-order valence-corrected chi connectivity index (χ1v) is 8.09. The van der Waals surface area contributed by atoms with E-state index in [2.05, 4.69) is 25.8 Å². The lowest BCUT2D eigenvalue weighted by Crippen LogP contribution is -2.11. The van der Waals surface area contributed by atoms with E-state index in [0.717, 1.165) is 4.47 Å². The molecule has 2 aromatic carbocycles. The zero-order valence-corrected chi connectivity index (χ0v) is 14.8. The summed E-state index contributed by atoms with van der Waals surface area (Å²) in [7, 11) is 1.26. The number of benzene rings is 2. The Morgan fingerprint density at radius 1 is 1.00 bits per heavy atom. The van der Waals surface area contributed by atoms with Crippen LogP contribution in [0.2, 0.25) is 0 Å². The molecule has 0 bridgehead atoms. The van der Waals surface area contributed by atoms with Crippen molar-refractivity contribution in [1.82, 2.24) is 9.78 Å². The van der Waals surface area contributed by atoms with Gasteiger partial charge < -0.3 is 9.47 Å². The number of esters is 2. The van der Waals surface area contributed by atoms with E-state index in [4.69, 9.17) is 4.74 Å². The Morgan fingerprint density at radius 3 is 2.32 bits per heavy atom. The lowest BCUT2D eigenvalue weighted by Gasteiger charge is -2.07. The van der Waals surface area contributed by atoms with E-state index in [1.165, 1.54) is 17.9 Å². The molecule has 0 saturated heterocycles. The van der Waals surface area contributed by atoms with E-state index in [0.29, 0.717) is 11.3 Å². The molecule has 0 N–H and O–H groups in total. The Bertz CT molecular complexity index is 905. The lowest BCUT2D eigenvalue weighted by molar-refractivity contribution is 0.0592. The van der Waals surface area contributed by atoms with Gasteiger partial charge in [-0.3, -0.25) is 0 Å². The second kappa shape index (κ2) is 7.31. The van der Waals surface area contributed by atoms with Crippen molar-refractivity contribution in [2.75, 3.05) is 7.11 Å². The normalized spacial score (nSPS) is 10.3. The summed E-state index contributed by atoms with van der Waals surface area (Å²) in [6.45, 7) is 0. The fourth-order valence-corrected chi connectivity index (χ4v) is 2.40. The van der Waals surface area contributed by atoms with Gasteiger partial charge in [-0.15, -0.1) is 0 Å². The minimum atomic E-state index is -0.615. The molecule has 0 saturated carbocycles. The van der Waals surface area contributed by atoms with Crippen LogP contribution in [0.25, 0.3) is 5.69 Å². The van der Waals surface area contributed by atoms with Crippen LogP contribution in [0, 0.1) is 0 Å². The van der Waals surface area contributed by atoms with Crippen molar-refractivity contribution in [1.29, 1.82) is 0 Å². The number of carbonyl (C=O) groups is 2. The number of aromatic nitrogens is 2. The molecule has 1 heterocycles. The minimum absolute atomic E-state index is 0.0463. The zero-order valence-electron chi connectivity index (χ0n) is 13.2. The molecule has 0 atom stereocenters. The first-order chi connectivity index (χ1) is 12.1. The Morgan fingerprint density at radius 2 is 1.68 bits per heavy atom. The Labute approximate surface area is 152 Å². The molecule has 3 rings (SSSR count). The fourth-order valence-electron chi connectivity index (χ4n) is 2.14. The fraction of sp³-hybridized carbons (Fsp3) is 0.0556. The standard InChI is InChI=1S/C18H13BrN2O4/c1-24-18(23)15-11-16(21(20-15)14-5-3-2-4-6-14)25-17(22)12-7-9-13(19)10-8-12/h2-11H,1H3. The molecule has 0 aliphatic carbocycles. The third kappa shape index (κ3) is 3.77. The lowest BCUT2D eigenvalue weighted by atomic mass is 10.2. The molecule has 0 spiro atoms. The maximum atomic E-state index is 12.4. The van der Waals surface area contributed by atoms with Crippen molar-refractivity contribution in [2.24, 2.45) is 0 Å². The molecule has 6 nitrogen and oxygen atoms in total. The molecule has 0 amide bonds. The smallest absolute Gasteiger partial charge is 0.358 e. The topological polar surface area (TPSA) is 70.4 Å². The van der Waals surface area contributed by atoms with Crippen molar-refractivity contribution < 1.29 is 19.1 Å². The maximum Gasteiger partial charge on any atom is 0.358 e. The number of carbonyl (C=O) groups excluding carboxylic acids is 2. The first kappa shape index (κ1) is 16.9. The van der Waals surface area contributed by atoms with Gasteiger partial charge in [0.2, 0.25) is 5.88 Å². The molecule has 0 fully saturated rings. The highest BCUT2D eigenvalue weighted by Gasteiger charge is 2.19. The molecule has 0 radical (unpaired) electrons. The number of rotatable bonds is 4. The number of halogens is 1. The van der Waals surface area contributed by atoms with Gasteiger partial charge in [0.1, 0.15) is 0 Å². The van der Waals surface area contributed by atoms with Gasteiger partial charge in [0.05, 0.1) is 18.4 Å². The van der Waals surface area contributed by atoms with E-state index in [1.807, 2.05) is 18.2 Å². The van der Waals surface area contributed by atoms with Crippen LogP contribution in [0.4, 0.5) is 0 Å². The summed E-state index contributed by atoms with van der Waals surface area (Å²) in [5.74, 6) is -1.05. The number of hydrogen-bond acceptors (Lipinski definition) is 5. The molecule has 0 unspecified atom stereocenters. The number of ether oxygens (including phenoxy) is 2. The summed E-state index contributed by atoms with van der Waals surface area (Å²) in [4.78, 5) is 24.1. The number of methoxy groups -OCH3 is 1. The molecule has 25 heavy (non-hydrogen) atoms. The Hall–Kier alpha value is -2.93. The van der Waals surface area contributed by atoms with E-state index < -0.39 is 11.9 Å². The largest absolute Gasteiger partial charge is 0.464 e. The maximum absolute atomic E-state index is 12.4. The van der Waals surface area contributed by atoms with Crippen molar-refractivity contribution in [3.8, 4) is 11.6 Å². The van der Waals surface area contributed by atoms with Crippen LogP contribution in [0.3, 0.4) is 0 Å². The average Bonchev–Trinajstić information content (AvgIpc) is 3.06. The van der Waals surface area contributed by atoms with Crippen molar-refractivity contribution in [2.45, 2.75) is 0 Å². The van der Waals surface area contributed by atoms with Crippen LogP contribution in [0.15, 0.2) is 65.1 Å². The van der Waals surface area contributed by atoms with Crippen molar-refractivity contribution in [3.05, 3.63) is 76.4 Å². The molecule has 7 heteroatoms. The molecule has 3 aromatic rings. The Kier molecular flexibility index (Phi) is 4.95. The second-order valence-corrected chi connectivity index (χ2v) is 5.92. The predicted octanol–water partition coefficient (Wildman–Crippen LogP) is 3.64. The van der Waals surface area contributed by atoms with E-state index in [-0.39, 0.29) is 11.6 Å². The Balaban J connectivity index is 1.96. The average molecular weight is 401 g/mol. The summed E-state index contributed by atoms with van der Waals surface area (Å²) in [6.07, 6.45) is 0. The van der Waals surface area contributed by atoms with E-state index in [9.17, 15) is 9.59 Å². The van der Waals surface area contributed by atoms with Gasteiger partial charge in [0, 0.05) is 10.5 Å². The van der Waals surface area contributed by atoms with E-state index in [1.54, 1.807) is 36.4 Å². The highest BCUT2D eigenvalue weighted by molar-refractivity contribution is 9.10. The van der Waals surface area contributed by atoms with Crippen molar-refractivity contribution >= 4 is 27.9 Å². The van der Waals surface area contributed by atoms with Crippen LogP contribution >= 0.6 is 15.9 Å². The highest BCUT2D eigenvalue weighted by atomic mass is 79.9. The van der Waals surface area contributed by atoms with Crippen LogP contribution in [0.5, 0.6) is 5.88 Å². The predicted molar refractivity (Wildman–Crippen MR) is 94.0 cm³/mol. The second-order valence-electron chi connectivity index (χ2n) is 5.00. The molecule has 0 aliphatic rings. The summed E-state index contributed by atoms with van der Waals surface area (Å²) in [5, 5.41) is 4.17. The third-order valence-corrected chi connectivity index (χ3v) is 3.88. The minimum Gasteiger partial charge on any atom is -0.464 e. The summed E-state index contributed by atoms with van der Waals surface area (Å²) in [6, 6.07) is 17.2. The van der Waals surface area contributed by atoms with Crippen LogP contribution in [-0.4, -0.2) is 28.8 Å². The van der Waals surface area contributed by atoms with Gasteiger partial charge in [-0.2, -0.15) is 9.78 Å². The van der Waals surface area contributed by atoms with Gasteiger partial charge in [-0.1, -0.05) is 34.1 Å². The first-order valence-electron chi connectivity index (χ1n) is 7.30. The highest BCUT2D eigenvalue weighted by Crippen LogP contribution is 2.21. The number of hydrogen-bond donors (Lipinski definition) is 0. The van der Waals surface area contributed by atoms with Crippen molar-refractivity contribution in [3.63, 3.8) is 0 Å². The summed E-state index contributed by atoms with van der Waals surface area (Å²) in [5.41, 5.74) is 1.07. The van der Waals surface area contributed by atoms with Crippen LogP contribution in [0.1, 0.15) is 20.8 Å². The van der Waals surface area contributed by atoms with Gasteiger partial charge in [0.25, 0.3) is 0 Å². The van der Waals surface area contributed by atoms with Crippen LogP contribution < -0.4 is 4.74 Å². The SMILES string of the molecule is COC(=O)c1cc(OC(=O)c2ccc(Br)cc2)n(-c2ccccc2)n1. The van der Waals surface area contributed by atoms with Crippen LogP contribution in [-0.2, 0) is 4.74 Å². The third-order valence-electron chi connectivity index (χ3n) is 3.35. The zero-order chi connectivity index (χ0) is 17.8. The number of para-hydroxylation sites is 1. The number of nitrogens with zero attached hydrogens (tertiary/aromatic N) is 2. The quantitative estimate of drug-likeness (QED) is 0.625. The molecule has 0 aliphatic heterocycles. The summed E-state index contributed by atoms with van der Waals surface area (Å²) >= 11 is 3.31. The van der Waals surface area contributed by atoms with E-state index >= 15 is 0 Å².